The molecule has 16 heavy (non-hydrogen) atoms. The van der Waals surface area contributed by atoms with E-state index in [0.717, 1.165) is 12.8 Å². The third-order valence-corrected chi connectivity index (χ3v) is 4.52. The van der Waals surface area contributed by atoms with Gasteiger partial charge < -0.3 is 4.74 Å². The van der Waals surface area contributed by atoms with Gasteiger partial charge in [-0.2, -0.15) is 0 Å². The normalized spacial score (nSPS) is 16.5. The fourth-order valence-electron chi connectivity index (χ4n) is 1.37. The average Bonchev–Trinajstić information content (AvgIpc) is 2.25. The number of esters is 1. The van der Waals surface area contributed by atoms with Crippen molar-refractivity contribution in [1.29, 1.82) is 0 Å². The van der Waals surface area contributed by atoms with E-state index in [0.29, 0.717) is 24.7 Å². The molecule has 0 aromatic rings. The monoisotopic (exact) mass is 248 g/mol. The fraction of sp³-hybridized carbons (Fsp3) is 0.917. The lowest BCUT2D eigenvalue weighted by atomic mass is 10.2. The highest BCUT2D eigenvalue weighted by molar-refractivity contribution is 7.86. The van der Waals surface area contributed by atoms with Gasteiger partial charge in [-0.25, -0.2) is 0 Å². The molecule has 0 heterocycles. The van der Waals surface area contributed by atoms with Gasteiger partial charge in [-0.15, -0.1) is 0 Å². The number of hydrogen-bond acceptors (Lipinski definition) is 3. The summed E-state index contributed by atoms with van der Waals surface area (Å²) in [5.74, 6) is 0.695. The number of carbonyl (C=O) groups is 1. The van der Waals surface area contributed by atoms with Crippen molar-refractivity contribution in [2.45, 2.75) is 52.2 Å². The van der Waals surface area contributed by atoms with Gasteiger partial charge in [-0.1, -0.05) is 33.6 Å². The minimum Gasteiger partial charge on any atom is -0.465 e. The van der Waals surface area contributed by atoms with E-state index in [9.17, 15) is 9.00 Å². The minimum absolute atomic E-state index is 0.300. The second-order valence-corrected chi connectivity index (χ2v) is 5.75. The SMILES string of the molecule is CCCC(C(=O)OCC)S(=O)CC(C)CC. The van der Waals surface area contributed by atoms with Crippen LogP contribution in [-0.4, -0.2) is 27.8 Å². The van der Waals surface area contributed by atoms with Crippen molar-refractivity contribution < 1.29 is 13.7 Å². The Kier molecular flexibility index (Phi) is 8.53. The fourth-order valence-corrected chi connectivity index (χ4v) is 3.18. The van der Waals surface area contributed by atoms with Gasteiger partial charge in [0.2, 0.25) is 0 Å². The highest BCUT2D eigenvalue weighted by Crippen LogP contribution is 2.12. The summed E-state index contributed by atoms with van der Waals surface area (Å²) in [7, 11) is -1.09. The average molecular weight is 248 g/mol. The third-order valence-electron chi connectivity index (χ3n) is 2.56. The molecule has 4 heteroatoms. The smallest absolute Gasteiger partial charge is 0.321 e. The van der Waals surface area contributed by atoms with Crippen LogP contribution in [0.3, 0.4) is 0 Å². The molecule has 3 atom stereocenters. The number of hydrogen-bond donors (Lipinski definition) is 0. The lowest BCUT2D eigenvalue weighted by molar-refractivity contribution is -0.142. The van der Waals surface area contributed by atoms with Crippen LogP contribution in [0.1, 0.15) is 47.0 Å². The molecule has 3 unspecified atom stereocenters. The number of rotatable bonds is 8. The molecule has 0 rings (SSSR count). The molecule has 0 saturated heterocycles. The predicted molar refractivity (Wildman–Crippen MR) is 67.8 cm³/mol. The standard InChI is InChI=1S/C12H24O3S/c1-5-8-11(12(13)15-7-3)16(14)9-10(4)6-2/h10-11H,5-9H2,1-4H3. The molecule has 0 amide bonds. The Morgan fingerprint density at radius 1 is 1.31 bits per heavy atom. The largest absolute Gasteiger partial charge is 0.465 e. The van der Waals surface area contributed by atoms with Gasteiger partial charge in [-0.05, 0) is 19.3 Å². The maximum Gasteiger partial charge on any atom is 0.321 e. The molecule has 0 saturated carbocycles. The quantitative estimate of drug-likeness (QED) is 0.620. The van der Waals surface area contributed by atoms with E-state index in [4.69, 9.17) is 4.74 Å². The van der Waals surface area contributed by atoms with Gasteiger partial charge in [0.05, 0.1) is 6.61 Å². The summed E-state index contributed by atoms with van der Waals surface area (Å²) >= 11 is 0. The summed E-state index contributed by atoms with van der Waals surface area (Å²) in [6.07, 6.45) is 2.50. The third kappa shape index (κ3) is 5.64. The van der Waals surface area contributed by atoms with Gasteiger partial charge in [0.1, 0.15) is 5.25 Å². The minimum atomic E-state index is -1.09. The molecule has 0 aliphatic heterocycles. The van der Waals surface area contributed by atoms with Crippen LogP contribution < -0.4 is 0 Å². The highest BCUT2D eigenvalue weighted by atomic mass is 32.2. The van der Waals surface area contributed by atoms with Crippen LogP contribution in [0.5, 0.6) is 0 Å². The first-order chi connectivity index (χ1) is 7.56. The van der Waals surface area contributed by atoms with E-state index in [-0.39, 0.29) is 5.97 Å². The maximum atomic E-state index is 12.0. The van der Waals surface area contributed by atoms with Crippen molar-refractivity contribution in [1.82, 2.24) is 0 Å². The molecular formula is C12H24O3S. The Labute approximate surface area is 101 Å². The molecule has 0 aromatic carbocycles. The van der Waals surface area contributed by atoms with Crippen molar-refractivity contribution in [2.75, 3.05) is 12.4 Å². The first-order valence-electron chi connectivity index (χ1n) is 6.10. The lowest BCUT2D eigenvalue weighted by Crippen LogP contribution is -2.31. The van der Waals surface area contributed by atoms with Crippen molar-refractivity contribution in [3.05, 3.63) is 0 Å². The summed E-state index contributed by atoms with van der Waals surface area (Å²) in [4.78, 5) is 11.6. The first kappa shape index (κ1) is 15.6. The lowest BCUT2D eigenvalue weighted by Gasteiger charge is -2.16. The van der Waals surface area contributed by atoms with Gasteiger partial charge in [0, 0.05) is 16.6 Å². The summed E-state index contributed by atoms with van der Waals surface area (Å²) in [5, 5.41) is -0.432. The predicted octanol–water partition coefficient (Wildman–Crippen LogP) is 2.51. The van der Waals surface area contributed by atoms with Crippen LogP contribution in [0.15, 0.2) is 0 Å². The van der Waals surface area contributed by atoms with Gasteiger partial charge in [0.25, 0.3) is 0 Å². The molecule has 0 bridgehead atoms. The first-order valence-corrected chi connectivity index (χ1v) is 7.48. The summed E-state index contributed by atoms with van der Waals surface area (Å²) < 4.78 is 17.0. The molecular weight excluding hydrogens is 224 g/mol. The van der Waals surface area contributed by atoms with Crippen molar-refractivity contribution >= 4 is 16.8 Å². The van der Waals surface area contributed by atoms with Crippen LogP contribution in [0.2, 0.25) is 0 Å². The summed E-state index contributed by atoms with van der Waals surface area (Å²) in [6, 6.07) is 0. The molecule has 0 N–H and O–H groups in total. The van der Waals surface area contributed by atoms with E-state index in [1.54, 1.807) is 6.92 Å². The summed E-state index contributed by atoms with van der Waals surface area (Å²) in [5.41, 5.74) is 0. The Hall–Kier alpha value is -0.380. The molecule has 0 aliphatic carbocycles. The molecule has 3 nitrogen and oxygen atoms in total. The van der Waals surface area contributed by atoms with Crippen LogP contribution in [-0.2, 0) is 20.3 Å². The van der Waals surface area contributed by atoms with Gasteiger partial charge in [-0.3, -0.25) is 9.00 Å². The Morgan fingerprint density at radius 2 is 1.94 bits per heavy atom. The second-order valence-electron chi connectivity index (χ2n) is 4.09. The Balaban J connectivity index is 4.39. The van der Waals surface area contributed by atoms with E-state index in [1.165, 1.54) is 0 Å². The Morgan fingerprint density at radius 3 is 2.38 bits per heavy atom. The van der Waals surface area contributed by atoms with Crippen LogP contribution in [0, 0.1) is 5.92 Å². The van der Waals surface area contributed by atoms with E-state index in [2.05, 4.69) is 13.8 Å². The topological polar surface area (TPSA) is 43.4 Å². The number of ether oxygens (including phenoxy) is 1. The second kappa shape index (κ2) is 8.74. The van der Waals surface area contributed by atoms with E-state index >= 15 is 0 Å². The molecule has 0 aliphatic rings. The molecule has 0 radical (unpaired) electrons. The zero-order valence-electron chi connectivity index (χ0n) is 10.8. The molecule has 96 valence electrons. The maximum absolute atomic E-state index is 12.0. The highest BCUT2D eigenvalue weighted by Gasteiger charge is 2.26. The van der Waals surface area contributed by atoms with Crippen molar-refractivity contribution in [2.24, 2.45) is 5.92 Å². The van der Waals surface area contributed by atoms with E-state index < -0.39 is 16.0 Å². The molecule has 0 spiro atoms. The molecule has 0 fully saturated rings. The van der Waals surface area contributed by atoms with Crippen LogP contribution in [0.4, 0.5) is 0 Å². The van der Waals surface area contributed by atoms with Crippen molar-refractivity contribution in [3.8, 4) is 0 Å². The van der Waals surface area contributed by atoms with Crippen LogP contribution in [0.25, 0.3) is 0 Å². The zero-order chi connectivity index (χ0) is 12.6. The van der Waals surface area contributed by atoms with Crippen LogP contribution >= 0.6 is 0 Å². The van der Waals surface area contributed by atoms with E-state index in [1.807, 2.05) is 6.92 Å². The van der Waals surface area contributed by atoms with Gasteiger partial charge >= 0.3 is 5.97 Å². The van der Waals surface area contributed by atoms with Crippen molar-refractivity contribution in [3.63, 3.8) is 0 Å². The zero-order valence-corrected chi connectivity index (χ0v) is 11.6. The number of carbonyl (C=O) groups excluding carboxylic acids is 1. The summed E-state index contributed by atoms with van der Waals surface area (Å²) in [6.45, 7) is 8.26. The Bertz CT molecular complexity index is 228. The van der Waals surface area contributed by atoms with Gasteiger partial charge in [0.15, 0.2) is 0 Å². The molecule has 0 aromatic heterocycles.